The minimum absolute atomic E-state index is 0.0984. The van der Waals surface area contributed by atoms with E-state index in [-0.39, 0.29) is 16.1 Å². The fourth-order valence-electron chi connectivity index (χ4n) is 4.46. The van der Waals surface area contributed by atoms with Crippen LogP contribution in [0.3, 0.4) is 0 Å². The molecule has 0 bridgehead atoms. The third kappa shape index (κ3) is 3.33. The molecule has 0 aliphatic heterocycles. The van der Waals surface area contributed by atoms with E-state index < -0.39 is 10.0 Å². The number of aromatic nitrogens is 1. The predicted molar refractivity (Wildman–Crippen MR) is 121 cm³/mol. The third-order valence-corrected chi connectivity index (χ3v) is 7.88. The number of sulfonamides is 1. The number of Topliss-reactive ketones (excluding diaryl/α,β-unsaturated/α-hetero) is 1. The van der Waals surface area contributed by atoms with Crippen LogP contribution < -0.4 is 4.31 Å². The van der Waals surface area contributed by atoms with Crippen molar-refractivity contribution in [3.63, 3.8) is 0 Å². The predicted octanol–water partition coefficient (Wildman–Crippen LogP) is 5.02. The Hall–Kier alpha value is -2.60. The van der Waals surface area contributed by atoms with Gasteiger partial charge in [0.15, 0.2) is 5.78 Å². The molecule has 1 aromatic heterocycles. The molecule has 0 saturated carbocycles. The van der Waals surface area contributed by atoms with Gasteiger partial charge in [-0.1, -0.05) is 32.9 Å². The van der Waals surface area contributed by atoms with Gasteiger partial charge < -0.3 is 4.98 Å². The van der Waals surface area contributed by atoms with Crippen molar-refractivity contribution in [3.05, 3.63) is 58.8 Å². The van der Waals surface area contributed by atoms with Crippen LogP contribution in [0, 0.1) is 12.3 Å². The van der Waals surface area contributed by atoms with Crippen molar-refractivity contribution in [2.45, 2.75) is 51.9 Å². The molecule has 6 heteroatoms. The number of aromatic amines is 1. The molecule has 1 aliphatic carbocycles. The Labute approximate surface area is 178 Å². The molecule has 158 valence electrons. The smallest absolute Gasteiger partial charge is 0.264 e. The first kappa shape index (κ1) is 20.7. The molecule has 1 heterocycles. The molecule has 1 N–H and O–H groups in total. The van der Waals surface area contributed by atoms with Crippen LogP contribution in [0.5, 0.6) is 0 Å². The number of nitrogens with zero attached hydrogens (tertiary/aromatic N) is 1. The van der Waals surface area contributed by atoms with Crippen molar-refractivity contribution < 1.29 is 13.2 Å². The zero-order valence-electron chi connectivity index (χ0n) is 18.2. The minimum atomic E-state index is -3.75. The summed E-state index contributed by atoms with van der Waals surface area (Å²) in [7, 11) is -2.17. The monoisotopic (exact) mass is 424 g/mol. The van der Waals surface area contributed by atoms with E-state index in [1.165, 1.54) is 4.31 Å². The van der Waals surface area contributed by atoms with Crippen LogP contribution in [-0.4, -0.2) is 26.2 Å². The lowest BCUT2D eigenvalue weighted by Crippen LogP contribution is -2.27. The summed E-state index contributed by atoms with van der Waals surface area (Å²) >= 11 is 0. The van der Waals surface area contributed by atoms with E-state index in [0.29, 0.717) is 24.0 Å². The van der Waals surface area contributed by atoms with Gasteiger partial charge in [0.25, 0.3) is 10.0 Å². The molecule has 5 nitrogen and oxygen atoms in total. The van der Waals surface area contributed by atoms with Gasteiger partial charge in [-0.15, -0.1) is 0 Å². The molecule has 0 fully saturated rings. The second-order valence-electron chi connectivity index (χ2n) is 9.09. The van der Waals surface area contributed by atoms with Crippen LogP contribution in [0.15, 0.2) is 41.3 Å². The summed E-state index contributed by atoms with van der Waals surface area (Å²) in [5.41, 5.74) is 4.60. The molecule has 0 spiro atoms. The van der Waals surface area contributed by atoms with Gasteiger partial charge in [0, 0.05) is 35.6 Å². The number of hydrogen-bond acceptors (Lipinski definition) is 3. The van der Waals surface area contributed by atoms with Crippen molar-refractivity contribution >= 4 is 32.4 Å². The number of hydrogen-bond donors (Lipinski definition) is 1. The van der Waals surface area contributed by atoms with E-state index in [1.54, 1.807) is 19.2 Å². The van der Waals surface area contributed by atoms with Crippen molar-refractivity contribution in [2.24, 2.45) is 5.41 Å². The van der Waals surface area contributed by atoms with Gasteiger partial charge >= 0.3 is 0 Å². The van der Waals surface area contributed by atoms with Gasteiger partial charge in [0.05, 0.1) is 10.6 Å². The topological polar surface area (TPSA) is 70.2 Å². The number of carbonyl (C=O) groups is 1. The molecular formula is C24H28N2O3S. The van der Waals surface area contributed by atoms with Crippen LogP contribution in [0.1, 0.15) is 54.4 Å². The Morgan fingerprint density at radius 1 is 1.13 bits per heavy atom. The zero-order valence-corrected chi connectivity index (χ0v) is 19.0. The Bertz CT molecular complexity index is 1270. The number of ketones is 1. The van der Waals surface area contributed by atoms with E-state index in [9.17, 15) is 13.2 Å². The highest BCUT2D eigenvalue weighted by Gasteiger charge is 2.34. The first-order valence-electron chi connectivity index (χ1n) is 10.3. The SMILES string of the molecule is CCc1cc2c3c([nH]c2cc1S(=O)(=O)N(C)c1cccc(C)c1)CC(C)(C)CC3=O. The summed E-state index contributed by atoms with van der Waals surface area (Å²) in [6.07, 6.45) is 1.84. The van der Waals surface area contributed by atoms with Gasteiger partial charge in [-0.05, 0) is 60.6 Å². The van der Waals surface area contributed by atoms with E-state index in [2.05, 4.69) is 18.8 Å². The van der Waals surface area contributed by atoms with Crippen LogP contribution >= 0.6 is 0 Å². The molecule has 4 rings (SSSR count). The summed E-state index contributed by atoms with van der Waals surface area (Å²) in [5.74, 6) is 0.127. The quantitative estimate of drug-likeness (QED) is 0.639. The number of aryl methyl sites for hydroxylation is 2. The summed E-state index contributed by atoms with van der Waals surface area (Å²) < 4.78 is 28.4. The van der Waals surface area contributed by atoms with Crippen LogP contribution in [-0.2, 0) is 22.9 Å². The van der Waals surface area contributed by atoms with Gasteiger partial charge in [-0.25, -0.2) is 8.42 Å². The number of carbonyl (C=O) groups excluding carboxylic acids is 1. The molecule has 1 aliphatic rings. The standard InChI is InChI=1S/C24H28N2O3S/c1-6-16-11-18-19(25-20-13-24(3,4)14-21(27)23(18)20)12-22(16)30(28,29)26(5)17-9-7-8-15(2)10-17/h7-12,25H,6,13-14H2,1-5H3. The number of rotatable bonds is 4. The lowest BCUT2D eigenvalue weighted by molar-refractivity contribution is 0.0913. The fourth-order valence-corrected chi connectivity index (χ4v) is 5.95. The second kappa shape index (κ2) is 6.98. The lowest BCUT2D eigenvalue weighted by Gasteiger charge is -2.28. The van der Waals surface area contributed by atoms with Crippen LogP contribution in [0.2, 0.25) is 0 Å². The second-order valence-corrected chi connectivity index (χ2v) is 11.0. The van der Waals surface area contributed by atoms with E-state index in [4.69, 9.17) is 0 Å². The summed E-state index contributed by atoms with van der Waals surface area (Å²) in [5, 5.41) is 0.833. The number of fused-ring (bicyclic) bond motifs is 3. The van der Waals surface area contributed by atoms with Gasteiger partial charge in [0.2, 0.25) is 0 Å². The average molecular weight is 425 g/mol. The molecule has 0 unspecified atom stereocenters. The number of H-pyrrole nitrogens is 1. The molecule has 0 atom stereocenters. The molecule has 0 saturated heterocycles. The third-order valence-electron chi connectivity index (χ3n) is 6.02. The highest BCUT2D eigenvalue weighted by molar-refractivity contribution is 7.92. The zero-order chi connectivity index (χ0) is 21.8. The largest absolute Gasteiger partial charge is 0.358 e. The van der Waals surface area contributed by atoms with Crippen LogP contribution in [0.25, 0.3) is 10.9 Å². The fraction of sp³-hybridized carbons (Fsp3) is 0.375. The summed E-state index contributed by atoms with van der Waals surface area (Å²) in [4.78, 5) is 16.5. The highest BCUT2D eigenvalue weighted by atomic mass is 32.2. The molecule has 30 heavy (non-hydrogen) atoms. The molecular weight excluding hydrogens is 396 g/mol. The normalized spacial score (nSPS) is 16.0. The maximum Gasteiger partial charge on any atom is 0.264 e. The number of anilines is 1. The Morgan fingerprint density at radius 2 is 1.87 bits per heavy atom. The minimum Gasteiger partial charge on any atom is -0.358 e. The van der Waals surface area contributed by atoms with E-state index >= 15 is 0 Å². The Kier molecular flexibility index (Phi) is 4.81. The summed E-state index contributed by atoms with van der Waals surface area (Å²) in [6.45, 7) is 8.05. The van der Waals surface area contributed by atoms with E-state index in [0.717, 1.165) is 34.2 Å². The van der Waals surface area contributed by atoms with Gasteiger partial charge in [-0.3, -0.25) is 9.10 Å². The van der Waals surface area contributed by atoms with Crippen LogP contribution in [0.4, 0.5) is 5.69 Å². The Balaban J connectivity index is 1.88. The first-order valence-corrected chi connectivity index (χ1v) is 11.7. The van der Waals surface area contributed by atoms with E-state index in [1.807, 2.05) is 38.1 Å². The van der Waals surface area contributed by atoms with Gasteiger partial charge in [-0.2, -0.15) is 0 Å². The lowest BCUT2D eigenvalue weighted by atomic mass is 9.76. The number of nitrogens with one attached hydrogen (secondary N) is 1. The van der Waals surface area contributed by atoms with Crippen molar-refractivity contribution in [1.29, 1.82) is 0 Å². The highest BCUT2D eigenvalue weighted by Crippen LogP contribution is 2.39. The maximum atomic E-state index is 13.5. The first-order chi connectivity index (χ1) is 14.0. The molecule has 0 radical (unpaired) electrons. The maximum absolute atomic E-state index is 13.5. The number of benzene rings is 2. The molecule has 2 aromatic carbocycles. The average Bonchev–Trinajstić information content (AvgIpc) is 3.02. The summed E-state index contributed by atoms with van der Waals surface area (Å²) in [6, 6.07) is 11.0. The van der Waals surface area contributed by atoms with Gasteiger partial charge in [0.1, 0.15) is 0 Å². The van der Waals surface area contributed by atoms with Crippen molar-refractivity contribution in [2.75, 3.05) is 11.4 Å². The van der Waals surface area contributed by atoms with Crippen molar-refractivity contribution in [1.82, 2.24) is 4.98 Å². The molecule has 3 aromatic rings. The molecule has 0 amide bonds. The Morgan fingerprint density at radius 3 is 2.53 bits per heavy atom. The van der Waals surface area contributed by atoms with Crippen molar-refractivity contribution in [3.8, 4) is 0 Å².